The number of thioether (sulfide) groups is 1. The first-order valence-corrected chi connectivity index (χ1v) is 7.42. The molecule has 2 aliphatic heterocycles. The fourth-order valence-electron chi connectivity index (χ4n) is 2.24. The molecule has 0 saturated heterocycles. The number of alkyl halides is 1. The number of allylic oxidation sites excluding steroid dienone is 4. The zero-order valence-corrected chi connectivity index (χ0v) is 12.1. The van der Waals surface area contributed by atoms with Gasteiger partial charge in [-0.2, -0.15) is 5.26 Å². The molecule has 0 radical (unpaired) electrons. The van der Waals surface area contributed by atoms with Crippen molar-refractivity contribution in [3.8, 4) is 6.07 Å². The van der Waals surface area contributed by atoms with Crippen molar-refractivity contribution in [1.82, 2.24) is 5.32 Å². The van der Waals surface area contributed by atoms with Gasteiger partial charge in [-0.25, -0.2) is 0 Å². The van der Waals surface area contributed by atoms with E-state index in [0.29, 0.717) is 0 Å². The molecule has 2 heterocycles. The van der Waals surface area contributed by atoms with Crippen molar-refractivity contribution in [1.29, 1.82) is 5.26 Å². The Morgan fingerprint density at radius 2 is 2.45 bits per heavy atom. The number of aliphatic imine (C=N–C) groups is 2. The molecule has 20 heavy (non-hydrogen) atoms. The lowest BCUT2D eigenvalue weighted by molar-refractivity contribution is 0.757. The summed E-state index contributed by atoms with van der Waals surface area (Å²) in [5, 5.41) is 11.7. The van der Waals surface area contributed by atoms with E-state index in [1.807, 2.05) is 6.07 Å². The molecule has 3 rings (SSSR count). The molecule has 0 saturated carbocycles. The van der Waals surface area contributed by atoms with Crippen molar-refractivity contribution in [2.45, 2.75) is 18.5 Å². The first kappa shape index (κ1) is 13.2. The summed E-state index contributed by atoms with van der Waals surface area (Å²) in [6, 6.07) is 1.89. The second-order valence-electron chi connectivity index (χ2n) is 4.33. The summed E-state index contributed by atoms with van der Waals surface area (Å²) in [6.45, 7) is 0. The van der Waals surface area contributed by atoms with E-state index in [1.165, 1.54) is 16.7 Å². The fourth-order valence-corrected chi connectivity index (χ4v) is 3.55. The third-order valence-corrected chi connectivity index (χ3v) is 4.52. The summed E-state index contributed by atoms with van der Waals surface area (Å²) < 4.78 is 0. The number of hydrogen-bond donors (Lipinski definition) is 1. The monoisotopic (exact) mass is 302 g/mol. The van der Waals surface area contributed by atoms with E-state index in [0.717, 1.165) is 29.0 Å². The topological polar surface area (TPSA) is 60.5 Å². The van der Waals surface area contributed by atoms with Gasteiger partial charge in [0.1, 0.15) is 12.3 Å². The van der Waals surface area contributed by atoms with Gasteiger partial charge in [0.2, 0.25) is 0 Å². The first-order chi connectivity index (χ1) is 9.79. The van der Waals surface area contributed by atoms with Crippen LogP contribution in [0.5, 0.6) is 0 Å². The summed E-state index contributed by atoms with van der Waals surface area (Å²) >= 11 is 7.74. The summed E-state index contributed by atoms with van der Waals surface area (Å²) in [6.07, 6.45) is 11.1. The fraction of sp³-hybridized carbons (Fsp3) is 0.214. The molecule has 0 aromatic heterocycles. The summed E-state index contributed by atoms with van der Waals surface area (Å²) in [7, 11) is 0. The molecule has 0 amide bonds. The molecule has 3 aliphatic rings. The van der Waals surface area contributed by atoms with Crippen molar-refractivity contribution in [3.63, 3.8) is 0 Å². The molecule has 0 spiro atoms. The minimum atomic E-state index is -0.440. The van der Waals surface area contributed by atoms with Crippen LogP contribution in [-0.2, 0) is 0 Å². The van der Waals surface area contributed by atoms with Crippen LogP contribution in [0.3, 0.4) is 0 Å². The van der Waals surface area contributed by atoms with Crippen molar-refractivity contribution in [3.05, 3.63) is 45.0 Å². The minimum absolute atomic E-state index is 0.440. The van der Waals surface area contributed by atoms with Gasteiger partial charge in [0.15, 0.2) is 5.62 Å². The standard InChI is InChI=1S/C14H11ClN4S/c15-14-18-7-10-12(8-17-6-5-16)20-11-4-2-1-3-9(11)13(10)19-14/h1,3,6-8,14,19H,2,4H2/b12-8+,17-6?. The highest BCUT2D eigenvalue weighted by Crippen LogP contribution is 2.45. The SMILES string of the molecule is N#CC=N/C=C1/SC2=C(C=CCC2)C2=C1C=NC(Cl)N2. The van der Waals surface area contributed by atoms with Gasteiger partial charge in [-0.3, -0.25) is 9.98 Å². The summed E-state index contributed by atoms with van der Waals surface area (Å²) in [5.41, 5.74) is 2.73. The van der Waals surface area contributed by atoms with Gasteiger partial charge < -0.3 is 5.32 Å². The normalized spacial score (nSPS) is 26.6. The maximum absolute atomic E-state index is 8.53. The van der Waals surface area contributed by atoms with E-state index < -0.39 is 5.62 Å². The Bertz CT molecular complexity index is 661. The van der Waals surface area contributed by atoms with Gasteiger partial charge in [0.25, 0.3) is 0 Å². The Balaban J connectivity index is 2.06. The van der Waals surface area contributed by atoms with Crippen LogP contribution in [0.1, 0.15) is 12.8 Å². The van der Waals surface area contributed by atoms with E-state index in [1.54, 1.807) is 24.2 Å². The quantitative estimate of drug-likeness (QED) is 0.459. The Morgan fingerprint density at radius 3 is 3.30 bits per heavy atom. The van der Waals surface area contributed by atoms with Crippen LogP contribution in [0.4, 0.5) is 0 Å². The summed E-state index contributed by atoms with van der Waals surface area (Å²) in [5.74, 6) is 0. The second-order valence-corrected chi connectivity index (χ2v) is 5.88. The average molecular weight is 303 g/mol. The first-order valence-electron chi connectivity index (χ1n) is 6.17. The van der Waals surface area contributed by atoms with Gasteiger partial charge in [-0.05, 0) is 17.7 Å². The van der Waals surface area contributed by atoms with Gasteiger partial charge in [0, 0.05) is 28.5 Å². The third-order valence-electron chi connectivity index (χ3n) is 3.08. The highest BCUT2D eigenvalue weighted by molar-refractivity contribution is 8.07. The van der Waals surface area contributed by atoms with Crippen LogP contribution in [0.25, 0.3) is 0 Å². The van der Waals surface area contributed by atoms with Crippen LogP contribution >= 0.6 is 23.4 Å². The minimum Gasteiger partial charge on any atom is -0.350 e. The molecule has 0 aromatic carbocycles. The smallest absolute Gasteiger partial charge is 0.195 e. The highest BCUT2D eigenvalue weighted by atomic mass is 35.5. The van der Waals surface area contributed by atoms with Crippen LogP contribution in [0.15, 0.2) is 55.0 Å². The molecular formula is C14H11ClN4S. The van der Waals surface area contributed by atoms with Crippen molar-refractivity contribution in [2.24, 2.45) is 9.98 Å². The van der Waals surface area contributed by atoms with E-state index in [9.17, 15) is 0 Å². The molecule has 0 aromatic rings. The number of rotatable bonds is 1. The summed E-state index contributed by atoms with van der Waals surface area (Å²) in [4.78, 5) is 10.5. The number of hydrogen-bond acceptors (Lipinski definition) is 5. The van der Waals surface area contributed by atoms with Crippen LogP contribution < -0.4 is 5.32 Å². The number of nitriles is 1. The predicted octanol–water partition coefficient (Wildman–Crippen LogP) is 3.22. The predicted molar refractivity (Wildman–Crippen MR) is 83.5 cm³/mol. The lowest BCUT2D eigenvalue weighted by Crippen LogP contribution is -2.30. The Morgan fingerprint density at radius 1 is 1.55 bits per heavy atom. The van der Waals surface area contributed by atoms with E-state index >= 15 is 0 Å². The van der Waals surface area contributed by atoms with Gasteiger partial charge in [-0.1, -0.05) is 35.5 Å². The number of nitrogens with zero attached hydrogens (tertiary/aromatic N) is 3. The zero-order chi connectivity index (χ0) is 13.9. The van der Waals surface area contributed by atoms with Crippen molar-refractivity contribution in [2.75, 3.05) is 0 Å². The Labute approximate surface area is 126 Å². The number of nitrogens with one attached hydrogen (secondary N) is 1. The van der Waals surface area contributed by atoms with Crippen LogP contribution in [0.2, 0.25) is 0 Å². The molecule has 0 fully saturated rings. The van der Waals surface area contributed by atoms with Gasteiger partial charge in [0.05, 0.1) is 5.70 Å². The lowest BCUT2D eigenvalue weighted by atomic mass is 9.99. The number of halogens is 1. The Kier molecular flexibility index (Phi) is 3.77. The van der Waals surface area contributed by atoms with Crippen LogP contribution in [-0.4, -0.2) is 18.1 Å². The van der Waals surface area contributed by atoms with E-state index in [2.05, 4.69) is 27.5 Å². The van der Waals surface area contributed by atoms with E-state index in [-0.39, 0.29) is 0 Å². The van der Waals surface area contributed by atoms with Gasteiger partial charge >= 0.3 is 0 Å². The highest BCUT2D eigenvalue weighted by Gasteiger charge is 2.28. The van der Waals surface area contributed by atoms with Gasteiger partial charge in [-0.15, -0.1) is 0 Å². The third kappa shape index (κ3) is 2.45. The van der Waals surface area contributed by atoms with Crippen LogP contribution in [0, 0.1) is 11.3 Å². The molecule has 1 unspecified atom stereocenters. The maximum Gasteiger partial charge on any atom is 0.195 e. The second kappa shape index (κ2) is 5.70. The average Bonchev–Trinajstić information content (AvgIpc) is 2.47. The largest absolute Gasteiger partial charge is 0.350 e. The van der Waals surface area contributed by atoms with Crippen molar-refractivity contribution >= 4 is 35.8 Å². The van der Waals surface area contributed by atoms with Crippen molar-refractivity contribution < 1.29 is 0 Å². The zero-order valence-electron chi connectivity index (χ0n) is 10.5. The molecule has 100 valence electrons. The lowest BCUT2D eigenvalue weighted by Gasteiger charge is -2.30. The molecule has 1 aliphatic carbocycles. The molecule has 0 bridgehead atoms. The Hall–Kier alpha value is -1.77. The molecule has 6 heteroatoms. The maximum atomic E-state index is 8.53. The number of fused-ring (bicyclic) bond motifs is 1. The molecule has 4 nitrogen and oxygen atoms in total. The van der Waals surface area contributed by atoms with E-state index in [4.69, 9.17) is 16.9 Å². The molecular weight excluding hydrogens is 292 g/mol. The molecule has 1 atom stereocenters. The molecule has 1 N–H and O–H groups in total.